The van der Waals surface area contributed by atoms with Gasteiger partial charge in [-0.15, -0.1) is 0 Å². The van der Waals surface area contributed by atoms with Crippen LogP contribution in [0.3, 0.4) is 0 Å². The first-order valence-corrected chi connectivity index (χ1v) is 9.74. The first-order valence-electron chi connectivity index (χ1n) is 9.74. The topological polar surface area (TPSA) is 44.8 Å². The predicted molar refractivity (Wildman–Crippen MR) is 106 cm³/mol. The predicted octanol–water partition coefficient (Wildman–Crippen LogP) is 3.10. The summed E-state index contributed by atoms with van der Waals surface area (Å²) in [6.45, 7) is 8.61. The van der Waals surface area contributed by atoms with Crippen LogP contribution in [0.2, 0.25) is 0 Å². The smallest absolute Gasteiger partial charge is 0.410 e. The van der Waals surface area contributed by atoms with Crippen LogP contribution in [0.1, 0.15) is 18.1 Å². The summed E-state index contributed by atoms with van der Waals surface area (Å²) in [4.78, 5) is 16.0. The third-order valence-electron chi connectivity index (χ3n) is 5.27. The normalized spacial score (nSPS) is 20.7. The van der Waals surface area contributed by atoms with Crippen LogP contribution < -0.4 is 5.32 Å². The highest BCUT2D eigenvalue weighted by Gasteiger charge is 2.27. The number of ether oxygens (including phenoxy) is 1. The minimum absolute atomic E-state index is 0.0171. The van der Waals surface area contributed by atoms with Crippen molar-refractivity contribution in [2.24, 2.45) is 0 Å². The Labute approximate surface area is 160 Å². The lowest BCUT2D eigenvalue weighted by Crippen LogP contribution is -2.42. The number of hydrogen-bond acceptors (Lipinski definition) is 4. The second-order valence-electron chi connectivity index (χ2n) is 7.49. The van der Waals surface area contributed by atoms with E-state index < -0.39 is 0 Å². The van der Waals surface area contributed by atoms with E-state index in [2.05, 4.69) is 58.7 Å². The molecule has 0 aromatic heterocycles. The van der Waals surface area contributed by atoms with Crippen LogP contribution in [0, 0.1) is 0 Å². The molecule has 2 aromatic rings. The fourth-order valence-corrected chi connectivity index (χ4v) is 3.75. The summed E-state index contributed by atoms with van der Waals surface area (Å²) >= 11 is 0. The maximum Gasteiger partial charge on any atom is 0.410 e. The summed E-state index contributed by atoms with van der Waals surface area (Å²) in [6.07, 6.45) is -0.233. The van der Waals surface area contributed by atoms with E-state index in [0.29, 0.717) is 13.1 Å². The van der Waals surface area contributed by atoms with Gasteiger partial charge < -0.3 is 15.0 Å². The van der Waals surface area contributed by atoms with E-state index in [1.54, 1.807) is 4.90 Å². The highest BCUT2D eigenvalue weighted by Crippen LogP contribution is 2.22. The van der Waals surface area contributed by atoms with Gasteiger partial charge in [-0.2, -0.15) is 0 Å². The summed E-state index contributed by atoms with van der Waals surface area (Å²) < 4.78 is 5.18. The SMILES string of the molecule is CC1CN(Cc2ccc(-c3ccc(CN4CCNCC4)cc3)cc2)C(=O)O1. The molecule has 0 spiro atoms. The molecule has 0 aliphatic carbocycles. The molecule has 142 valence electrons. The number of hydrogen-bond donors (Lipinski definition) is 1. The molecule has 2 aliphatic heterocycles. The zero-order valence-electron chi connectivity index (χ0n) is 15.9. The van der Waals surface area contributed by atoms with Gasteiger partial charge in [0.2, 0.25) is 0 Å². The quantitative estimate of drug-likeness (QED) is 0.884. The number of nitrogens with one attached hydrogen (secondary N) is 1. The van der Waals surface area contributed by atoms with Crippen molar-refractivity contribution in [3.63, 3.8) is 0 Å². The molecular weight excluding hydrogens is 338 g/mol. The van der Waals surface area contributed by atoms with Gasteiger partial charge in [-0.25, -0.2) is 4.79 Å². The fraction of sp³-hybridized carbons (Fsp3) is 0.409. The molecular formula is C22H27N3O2. The van der Waals surface area contributed by atoms with E-state index >= 15 is 0 Å². The van der Waals surface area contributed by atoms with Crippen LogP contribution in [0.15, 0.2) is 48.5 Å². The Kier molecular flexibility index (Phi) is 5.41. The molecule has 2 fully saturated rings. The lowest BCUT2D eigenvalue weighted by molar-refractivity contribution is 0.137. The summed E-state index contributed by atoms with van der Waals surface area (Å²) in [7, 11) is 0. The van der Waals surface area contributed by atoms with Crippen molar-refractivity contribution in [1.82, 2.24) is 15.1 Å². The number of carbonyl (C=O) groups is 1. The standard InChI is InChI=1S/C22H27N3O2/c1-17-14-25(22(26)27-17)16-19-4-8-21(9-5-19)20-6-2-18(3-7-20)15-24-12-10-23-11-13-24/h2-9,17,23H,10-16H2,1H3. The van der Waals surface area contributed by atoms with Crippen molar-refractivity contribution < 1.29 is 9.53 Å². The molecule has 1 amide bonds. The van der Waals surface area contributed by atoms with Crippen LogP contribution in [0.4, 0.5) is 4.79 Å². The average Bonchev–Trinajstić information content (AvgIpc) is 3.01. The van der Waals surface area contributed by atoms with Crippen molar-refractivity contribution in [1.29, 1.82) is 0 Å². The maximum absolute atomic E-state index is 11.7. The molecule has 1 atom stereocenters. The van der Waals surface area contributed by atoms with Crippen molar-refractivity contribution >= 4 is 6.09 Å². The Morgan fingerprint density at radius 3 is 2.00 bits per heavy atom. The van der Waals surface area contributed by atoms with Gasteiger partial charge in [0, 0.05) is 39.3 Å². The molecule has 2 saturated heterocycles. The number of rotatable bonds is 5. The number of cyclic esters (lactones) is 1. The Bertz CT molecular complexity index is 767. The Morgan fingerprint density at radius 2 is 1.48 bits per heavy atom. The van der Waals surface area contributed by atoms with Crippen molar-refractivity contribution in [3.8, 4) is 11.1 Å². The Balaban J connectivity index is 1.37. The van der Waals surface area contributed by atoms with Gasteiger partial charge in [-0.3, -0.25) is 4.90 Å². The highest BCUT2D eigenvalue weighted by molar-refractivity contribution is 5.70. The molecule has 0 radical (unpaired) electrons. The molecule has 2 aliphatic rings. The lowest BCUT2D eigenvalue weighted by atomic mass is 10.0. The largest absolute Gasteiger partial charge is 0.444 e. The minimum atomic E-state index is -0.216. The summed E-state index contributed by atoms with van der Waals surface area (Å²) in [5.74, 6) is 0. The summed E-state index contributed by atoms with van der Waals surface area (Å²) in [6, 6.07) is 17.3. The maximum atomic E-state index is 11.7. The second kappa shape index (κ2) is 8.11. The van der Waals surface area contributed by atoms with Gasteiger partial charge in [-0.1, -0.05) is 48.5 Å². The van der Waals surface area contributed by atoms with Gasteiger partial charge in [0.1, 0.15) is 6.10 Å². The zero-order valence-corrected chi connectivity index (χ0v) is 15.9. The average molecular weight is 365 g/mol. The van der Waals surface area contributed by atoms with E-state index in [-0.39, 0.29) is 12.2 Å². The first kappa shape index (κ1) is 18.0. The highest BCUT2D eigenvalue weighted by atomic mass is 16.6. The zero-order chi connectivity index (χ0) is 18.6. The molecule has 27 heavy (non-hydrogen) atoms. The van der Waals surface area contributed by atoms with Gasteiger partial charge in [-0.05, 0) is 29.2 Å². The molecule has 5 heteroatoms. The molecule has 4 rings (SSSR count). The summed E-state index contributed by atoms with van der Waals surface area (Å²) in [5.41, 5.74) is 4.91. The molecule has 0 bridgehead atoms. The number of nitrogens with zero attached hydrogens (tertiary/aromatic N) is 2. The monoisotopic (exact) mass is 365 g/mol. The van der Waals surface area contributed by atoms with Crippen LogP contribution in [0.5, 0.6) is 0 Å². The molecule has 2 heterocycles. The van der Waals surface area contributed by atoms with Gasteiger partial charge >= 0.3 is 6.09 Å². The molecule has 1 N–H and O–H groups in total. The first-order chi connectivity index (χ1) is 13.2. The van der Waals surface area contributed by atoms with E-state index in [9.17, 15) is 4.79 Å². The molecule has 2 aromatic carbocycles. The van der Waals surface area contributed by atoms with Crippen LogP contribution in [0.25, 0.3) is 11.1 Å². The van der Waals surface area contributed by atoms with E-state index in [4.69, 9.17) is 4.74 Å². The van der Waals surface area contributed by atoms with Gasteiger partial charge in [0.05, 0.1) is 6.54 Å². The lowest BCUT2D eigenvalue weighted by Gasteiger charge is -2.27. The van der Waals surface area contributed by atoms with E-state index in [0.717, 1.165) is 38.3 Å². The van der Waals surface area contributed by atoms with Crippen molar-refractivity contribution in [2.75, 3.05) is 32.7 Å². The van der Waals surface area contributed by atoms with E-state index in [1.165, 1.54) is 16.7 Å². The van der Waals surface area contributed by atoms with Crippen LogP contribution in [-0.4, -0.2) is 54.7 Å². The van der Waals surface area contributed by atoms with Crippen molar-refractivity contribution in [3.05, 3.63) is 59.7 Å². The van der Waals surface area contributed by atoms with Crippen LogP contribution in [-0.2, 0) is 17.8 Å². The summed E-state index contributed by atoms with van der Waals surface area (Å²) in [5, 5.41) is 3.39. The number of carbonyl (C=O) groups excluding carboxylic acids is 1. The number of piperazine rings is 1. The number of amides is 1. The number of benzene rings is 2. The Morgan fingerprint density at radius 1 is 0.926 bits per heavy atom. The minimum Gasteiger partial charge on any atom is -0.444 e. The second-order valence-corrected chi connectivity index (χ2v) is 7.49. The van der Waals surface area contributed by atoms with E-state index in [1.807, 2.05) is 6.92 Å². The van der Waals surface area contributed by atoms with Gasteiger partial charge in [0.25, 0.3) is 0 Å². The molecule has 0 saturated carbocycles. The molecule has 1 unspecified atom stereocenters. The Hall–Kier alpha value is -2.37. The van der Waals surface area contributed by atoms with Crippen molar-refractivity contribution in [2.45, 2.75) is 26.1 Å². The van der Waals surface area contributed by atoms with Gasteiger partial charge in [0.15, 0.2) is 0 Å². The fourth-order valence-electron chi connectivity index (χ4n) is 3.75. The van der Waals surface area contributed by atoms with Crippen LogP contribution >= 0.6 is 0 Å². The third-order valence-corrected chi connectivity index (χ3v) is 5.27. The third kappa shape index (κ3) is 4.49. The molecule has 5 nitrogen and oxygen atoms in total.